The van der Waals surface area contributed by atoms with Crippen molar-refractivity contribution in [3.8, 4) is 0 Å². The van der Waals surface area contributed by atoms with E-state index in [4.69, 9.17) is 6.48 Å². The van der Waals surface area contributed by atoms with Gasteiger partial charge in [-0.15, -0.1) is 0 Å². The van der Waals surface area contributed by atoms with Crippen molar-refractivity contribution in [3.05, 3.63) is 35.4 Å². The second-order valence-corrected chi connectivity index (χ2v) is 3.38. The summed E-state index contributed by atoms with van der Waals surface area (Å²) in [5.74, 6) is -3.04. The molecule has 0 spiro atoms. The lowest BCUT2D eigenvalue weighted by atomic mass is 10.1. The fraction of sp³-hybridized carbons (Fsp3) is 0.182. The maximum absolute atomic E-state index is 11.9. The minimum atomic E-state index is -2.30. The highest BCUT2D eigenvalue weighted by atomic mass is 16.4. The first-order chi connectivity index (χ1) is 7.87. The molecule has 1 aromatic carbocycles. The topological polar surface area (TPSA) is 74.7 Å². The highest BCUT2D eigenvalue weighted by molar-refractivity contribution is 6.22. The van der Waals surface area contributed by atoms with Crippen LogP contribution in [0, 0.1) is 0 Å². The number of fused-ring (bicyclic) bond motifs is 1. The van der Waals surface area contributed by atoms with E-state index in [9.17, 15) is 14.4 Å². The minimum Gasteiger partial charge on any atom is -0.480 e. The Labute approximate surface area is 92.7 Å². The number of carboxylic acids is 1. The third-order valence-corrected chi connectivity index (χ3v) is 2.44. The number of benzene rings is 1. The van der Waals surface area contributed by atoms with Crippen molar-refractivity contribution >= 4 is 17.8 Å². The lowest BCUT2D eigenvalue weighted by molar-refractivity contribution is -0.140. The first-order valence-electron chi connectivity index (χ1n) is 5.08. The van der Waals surface area contributed by atoms with Gasteiger partial charge >= 0.3 is 5.97 Å². The van der Waals surface area contributed by atoms with Crippen LogP contribution in [0.25, 0.3) is 0 Å². The summed E-state index contributed by atoms with van der Waals surface area (Å²) < 4.78 is 7.60. The van der Waals surface area contributed by atoms with Crippen LogP contribution < -0.4 is 0 Å². The van der Waals surface area contributed by atoms with Gasteiger partial charge in [-0.25, -0.2) is 4.79 Å². The van der Waals surface area contributed by atoms with Crippen LogP contribution in [-0.4, -0.2) is 33.8 Å². The molecule has 0 aliphatic carbocycles. The van der Waals surface area contributed by atoms with Crippen molar-refractivity contribution in [2.24, 2.45) is 0 Å². The second kappa shape index (κ2) is 3.44. The molecule has 2 rings (SSSR count). The van der Waals surface area contributed by atoms with Crippen molar-refractivity contribution in [2.45, 2.75) is 12.9 Å². The van der Waals surface area contributed by atoms with Gasteiger partial charge in [0.2, 0.25) is 0 Å². The van der Waals surface area contributed by atoms with Gasteiger partial charge in [0.05, 0.1) is 12.5 Å². The maximum atomic E-state index is 11.9. The molecule has 1 aliphatic rings. The number of rotatable bonds is 2. The van der Waals surface area contributed by atoms with Gasteiger partial charge in [0.15, 0.2) is 0 Å². The van der Waals surface area contributed by atoms with Gasteiger partial charge < -0.3 is 5.11 Å². The fourth-order valence-electron chi connectivity index (χ4n) is 1.59. The molecule has 16 heavy (non-hydrogen) atoms. The van der Waals surface area contributed by atoms with Gasteiger partial charge in [0.25, 0.3) is 11.8 Å². The van der Waals surface area contributed by atoms with E-state index in [0.29, 0.717) is 4.90 Å². The molecule has 0 aromatic heterocycles. The van der Waals surface area contributed by atoms with Crippen molar-refractivity contribution < 1.29 is 20.9 Å². The number of nitrogens with zero attached hydrogens (tertiary/aromatic N) is 1. The normalized spacial score (nSPS) is 19.1. The molecule has 5 heteroatoms. The Morgan fingerprint density at radius 2 is 1.75 bits per heavy atom. The summed E-state index contributed by atoms with van der Waals surface area (Å²) in [5.41, 5.74) is 0.273. The van der Waals surface area contributed by atoms with Crippen LogP contribution in [0.4, 0.5) is 0 Å². The van der Waals surface area contributed by atoms with Crippen molar-refractivity contribution in [3.63, 3.8) is 0 Å². The van der Waals surface area contributed by atoms with Gasteiger partial charge in [0, 0.05) is 0 Å². The number of hydrogen-bond acceptors (Lipinski definition) is 3. The molecule has 0 fully saturated rings. The smallest absolute Gasteiger partial charge is 0.326 e. The number of hydrogen-bond donors (Lipinski definition) is 1. The van der Waals surface area contributed by atoms with Crippen LogP contribution in [0.15, 0.2) is 24.3 Å². The van der Waals surface area contributed by atoms with Gasteiger partial charge in [0.1, 0.15) is 6.02 Å². The minimum absolute atomic E-state index is 0.136. The SMILES string of the molecule is [2H]C(C)(C(=O)O)N1C(=O)c2ccccc2C1=O. The molecule has 82 valence electrons. The first kappa shape index (κ1) is 9.08. The van der Waals surface area contributed by atoms with Crippen LogP contribution in [0.2, 0.25) is 0 Å². The fourth-order valence-corrected chi connectivity index (χ4v) is 1.59. The Morgan fingerprint density at radius 3 is 2.12 bits per heavy atom. The molecule has 1 N–H and O–H groups in total. The summed E-state index contributed by atoms with van der Waals surface area (Å²) in [6.45, 7) is 0.997. The van der Waals surface area contributed by atoms with E-state index in [2.05, 4.69) is 0 Å². The molecule has 0 radical (unpaired) electrons. The summed E-state index contributed by atoms with van der Waals surface area (Å²) in [6, 6.07) is 3.74. The third-order valence-electron chi connectivity index (χ3n) is 2.44. The monoisotopic (exact) mass is 220 g/mol. The molecule has 0 saturated carbocycles. The Morgan fingerprint density at radius 1 is 1.31 bits per heavy atom. The predicted octanol–water partition coefficient (Wildman–Crippen LogP) is 0.756. The molecule has 0 bridgehead atoms. The molecule has 1 aromatic rings. The molecule has 1 heterocycles. The summed E-state index contributed by atoms with van der Waals surface area (Å²) in [4.78, 5) is 35.1. The summed E-state index contributed by atoms with van der Waals surface area (Å²) >= 11 is 0. The standard InChI is InChI=1S/C11H9NO4/c1-6(11(15)16)12-9(13)7-4-2-3-5-8(7)10(12)14/h2-6H,1H3,(H,15,16)/i6D. The van der Waals surface area contributed by atoms with Gasteiger partial charge in [-0.2, -0.15) is 0 Å². The zero-order chi connectivity index (χ0) is 12.8. The van der Waals surface area contributed by atoms with E-state index < -0.39 is 23.8 Å². The Balaban J connectivity index is 2.54. The second-order valence-electron chi connectivity index (χ2n) is 3.38. The van der Waals surface area contributed by atoms with Crippen LogP contribution in [0.1, 0.15) is 29.0 Å². The molecular weight excluding hydrogens is 210 g/mol. The average molecular weight is 220 g/mol. The third kappa shape index (κ3) is 1.29. The summed E-state index contributed by atoms with van der Waals surface area (Å²) in [6.07, 6.45) is 0. The number of carboxylic acid groups (broad SMARTS) is 1. The molecule has 5 nitrogen and oxygen atoms in total. The molecule has 0 saturated heterocycles. The van der Waals surface area contributed by atoms with E-state index in [1.165, 1.54) is 12.1 Å². The predicted molar refractivity (Wildman–Crippen MR) is 54.0 cm³/mol. The van der Waals surface area contributed by atoms with E-state index in [0.717, 1.165) is 6.92 Å². The van der Waals surface area contributed by atoms with Crippen molar-refractivity contribution in [1.82, 2.24) is 4.90 Å². The van der Waals surface area contributed by atoms with Crippen LogP contribution in [0.3, 0.4) is 0 Å². The van der Waals surface area contributed by atoms with Crippen molar-refractivity contribution in [1.29, 1.82) is 0 Å². The Bertz CT molecular complexity index is 503. The van der Waals surface area contributed by atoms with Crippen LogP contribution in [0.5, 0.6) is 0 Å². The lowest BCUT2D eigenvalue weighted by Gasteiger charge is -2.17. The van der Waals surface area contributed by atoms with Crippen molar-refractivity contribution in [2.75, 3.05) is 0 Å². The number of carbonyl (C=O) groups excluding carboxylic acids is 2. The highest BCUT2D eigenvalue weighted by Crippen LogP contribution is 2.24. The van der Waals surface area contributed by atoms with Gasteiger partial charge in [-0.05, 0) is 19.1 Å². The van der Waals surface area contributed by atoms with Crippen LogP contribution >= 0.6 is 0 Å². The number of imide groups is 1. The molecule has 1 aliphatic heterocycles. The van der Waals surface area contributed by atoms with E-state index in [1.807, 2.05) is 0 Å². The quantitative estimate of drug-likeness (QED) is 0.746. The number of aliphatic carboxylic acids is 1. The highest BCUT2D eigenvalue weighted by Gasteiger charge is 2.40. The van der Waals surface area contributed by atoms with E-state index >= 15 is 0 Å². The zero-order valence-electron chi connectivity index (χ0n) is 9.43. The van der Waals surface area contributed by atoms with Gasteiger partial charge in [-0.3, -0.25) is 14.5 Å². The number of amides is 2. The Kier molecular flexibility index (Phi) is 1.96. The summed E-state index contributed by atoms with van der Waals surface area (Å²) in [5, 5.41) is 8.88. The lowest BCUT2D eigenvalue weighted by Crippen LogP contribution is -2.42. The van der Waals surface area contributed by atoms with E-state index in [-0.39, 0.29) is 11.1 Å². The maximum Gasteiger partial charge on any atom is 0.326 e. The molecular formula is C11H9NO4. The van der Waals surface area contributed by atoms with Crippen LogP contribution in [-0.2, 0) is 4.79 Å². The molecule has 1 atom stereocenters. The number of carbonyl (C=O) groups is 3. The van der Waals surface area contributed by atoms with E-state index in [1.54, 1.807) is 12.1 Å². The molecule has 2 amide bonds. The Hall–Kier alpha value is -2.17. The molecule has 1 unspecified atom stereocenters. The average Bonchev–Trinajstić information content (AvgIpc) is 2.52. The zero-order valence-corrected chi connectivity index (χ0v) is 8.43. The van der Waals surface area contributed by atoms with Gasteiger partial charge in [-0.1, -0.05) is 12.1 Å². The largest absolute Gasteiger partial charge is 0.480 e. The summed E-state index contributed by atoms with van der Waals surface area (Å²) in [7, 11) is 0. The first-order valence-corrected chi connectivity index (χ1v) is 4.58.